The normalized spacial score (nSPS) is 12.6. The summed E-state index contributed by atoms with van der Waals surface area (Å²) >= 11 is 0. The maximum Gasteiger partial charge on any atom is 0.0725 e. The predicted molar refractivity (Wildman–Crippen MR) is 88.3 cm³/mol. The van der Waals surface area contributed by atoms with E-state index in [-0.39, 0.29) is 0 Å². The smallest absolute Gasteiger partial charge is 0.0725 e. The Morgan fingerprint density at radius 2 is 2.00 bits per heavy atom. The highest BCUT2D eigenvalue weighted by Gasteiger charge is 2.08. The maximum absolute atomic E-state index is 4.59. The van der Waals surface area contributed by atoms with E-state index in [4.69, 9.17) is 0 Å². The number of nitrogens with zero attached hydrogens (tertiary/aromatic N) is 1. The summed E-state index contributed by atoms with van der Waals surface area (Å²) < 4.78 is 0. The summed E-state index contributed by atoms with van der Waals surface area (Å²) in [5.41, 5.74) is 3.38. The zero-order valence-electron chi connectivity index (χ0n) is 12.9. The first kappa shape index (κ1) is 14.8. The van der Waals surface area contributed by atoms with Gasteiger partial charge in [0.2, 0.25) is 0 Å². The number of aromatic nitrogens is 1. The fourth-order valence-corrected chi connectivity index (χ4v) is 2.65. The summed E-state index contributed by atoms with van der Waals surface area (Å²) in [6.07, 6.45) is 5.18. The summed E-state index contributed by atoms with van der Waals surface area (Å²) in [4.78, 5) is 4.59. The summed E-state index contributed by atoms with van der Waals surface area (Å²) in [5, 5.41) is 4.87. The lowest BCUT2D eigenvalue weighted by Crippen LogP contribution is -2.14. The number of anilines is 1. The Bertz CT molecular complexity index is 548. The van der Waals surface area contributed by atoms with Gasteiger partial charge in [0, 0.05) is 23.3 Å². The van der Waals surface area contributed by atoms with Crippen molar-refractivity contribution in [2.24, 2.45) is 5.92 Å². The highest BCUT2D eigenvalue weighted by atomic mass is 14.9. The maximum atomic E-state index is 4.59. The van der Waals surface area contributed by atoms with E-state index < -0.39 is 0 Å². The molecule has 0 aliphatic rings. The third kappa shape index (κ3) is 3.72. The Kier molecular flexibility index (Phi) is 5.40. The molecule has 1 unspecified atom stereocenters. The second kappa shape index (κ2) is 7.28. The van der Waals surface area contributed by atoms with Crippen LogP contribution in [0.25, 0.3) is 10.9 Å². The Hall–Kier alpha value is -1.57. The van der Waals surface area contributed by atoms with Gasteiger partial charge in [0.1, 0.15) is 0 Å². The summed E-state index contributed by atoms with van der Waals surface area (Å²) in [6, 6.07) is 10.5. The standard InChI is InChI=1S/C18H26N2/c1-4-6-9-15(5-2)13-19-18-12-14(3)20-17-11-8-7-10-16(17)18/h7-8,10-12,15H,4-6,9,13H2,1-3H3,(H,19,20). The van der Waals surface area contributed by atoms with Gasteiger partial charge in [-0.25, -0.2) is 0 Å². The first-order valence-electron chi connectivity index (χ1n) is 7.84. The molecule has 0 saturated heterocycles. The predicted octanol–water partition coefficient (Wildman–Crippen LogP) is 5.17. The average molecular weight is 270 g/mol. The molecule has 0 radical (unpaired) electrons. The number of rotatable bonds is 7. The van der Waals surface area contributed by atoms with Crippen LogP contribution in [0.3, 0.4) is 0 Å². The van der Waals surface area contributed by atoms with Crippen LogP contribution in [0.1, 0.15) is 45.2 Å². The van der Waals surface area contributed by atoms with Crippen LogP contribution >= 0.6 is 0 Å². The van der Waals surface area contributed by atoms with E-state index in [1.165, 1.54) is 36.8 Å². The fourth-order valence-electron chi connectivity index (χ4n) is 2.65. The average Bonchev–Trinajstić information content (AvgIpc) is 2.47. The molecule has 20 heavy (non-hydrogen) atoms. The van der Waals surface area contributed by atoms with Gasteiger partial charge >= 0.3 is 0 Å². The van der Waals surface area contributed by atoms with E-state index in [9.17, 15) is 0 Å². The highest BCUT2D eigenvalue weighted by Crippen LogP contribution is 2.24. The fraction of sp³-hybridized carbons (Fsp3) is 0.500. The summed E-state index contributed by atoms with van der Waals surface area (Å²) in [7, 11) is 0. The van der Waals surface area contributed by atoms with Crippen molar-refractivity contribution < 1.29 is 0 Å². The van der Waals surface area contributed by atoms with Gasteiger partial charge in [-0.15, -0.1) is 0 Å². The van der Waals surface area contributed by atoms with Gasteiger partial charge in [0.05, 0.1) is 5.52 Å². The Morgan fingerprint density at radius 3 is 2.75 bits per heavy atom. The largest absolute Gasteiger partial charge is 0.384 e. The van der Waals surface area contributed by atoms with Gasteiger partial charge in [0.15, 0.2) is 0 Å². The third-order valence-corrected chi connectivity index (χ3v) is 3.97. The van der Waals surface area contributed by atoms with Crippen LogP contribution in [0.15, 0.2) is 30.3 Å². The van der Waals surface area contributed by atoms with E-state index >= 15 is 0 Å². The molecule has 0 saturated carbocycles. The minimum Gasteiger partial charge on any atom is -0.384 e. The van der Waals surface area contributed by atoms with E-state index in [1.54, 1.807) is 0 Å². The highest BCUT2D eigenvalue weighted by molar-refractivity contribution is 5.91. The van der Waals surface area contributed by atoms with Crippen LogP contribution in [-0.4, -0.2) is 11.5 Å². The molecule has 0 spiro atoms. The number of unbranched alkanes of at least 4 members (excludes halogenated alkanes) is 1. The number of benzene rings is 1. The topological polar surface area (TPSA) is 24.9 Å². The molecule has 108 valence electrons. The Morgan fingerprint density at radius 1 is 1.20 bits per heavy atom. The molecule has 2 rings (SSSR count). The number of fused-ring (bicyclic) bond motifs is 1. The number of hydrogen-bond donors (Lipinski definition) is 1. The number of aryl methyl sites for hydroxylation is 1. The van der Waals surface area contributed by atoms with E-state index in [0.717, 1.165) is 23.7 Å². The molecule has 1 N–H and O–H groups in total. The second-order valence-corrected chi connectivity index (χ2v) is 5.63. The monoisotopic (exact) mass is 270 g/mol. The van der Waals surface area contributed by atoms with Gasteiger partial charge in [-0.2, -0.15) is 0 Å². The van der Waals surface area contributed by atoms with Gasteiger partial charge in [0.25, 0.3) is 0 Å². The Balaban J connectivity index is 2.12. The number of hydrogen-bond acceptors (Lipinski definition) is 2. The molecule has 2 nitrogen and oxygen atoms in total. The molecule has 0 aliphatic heterocycles. The molecule has 2 aromatic rings. The summed E-state index contributed by atoms with van der Waals surface area (Å²) in [5.74, 6) is 0.766. The van der Waals surface area contributed by atoms with Crippen LogP contribution in [0.5, 0.6) is 0 Å². The van der Waals surface area contributed by atoms with Gasteiger partial charge in [-0.05, 0) is 31.4 Å². The van der Waals surface area contributed by atoms with Crippen LogP contribution in [0.4, 0.5) is 5.69 Å². The molecule has 1 aromatic heterocycles. The molecule has 0 aliphatic carbocycles. The van der Waals surface area contributed by atoms with Crippen molar-refractivity contribution in [3.05, 3.63) is 36.0 Å². The number of para-hydroxylation sites is 1. The van der Waals surface area contributed by atoms with Crippen molar-refractivity contribution in [3.63, 3.8) is 0 Å². The van der Waals surface area contributed by atoms with E-state index in [1.807, 2.05) is 0 Å². The number of pyridine rings is 1. The van der Waals surface area contributed by atoms with Crippen LogP contribution < -0.4 is 5.32 Å². The molecule has 0 fully saturated rings. The molecule has 1 atom stereocenters. The Labute approximate surface area is 122 Å². The molecule has 0 amide bonds. The minimum atomic E-state index is 0.766. The van der Waals surface area contributed by atoms with Gasteiger partial charge in [-0.3, -0.25) is 4.98 Å². The van der Waals surface area contributed by atoms with E-state index in [2.05, 4.69) is 61.4 Å². The second-order valence-electron chi connectivity index (χ2n) is 5.63. The quantitative estimate of drug-likeness (QED) is 0.750. The lowest BCUT2D eigenvalue weighted by atomic mass is 9.99. The minimum absolute atomic E-state index is 0.766. The first-order valence-corrected chi connectivity index (χ1v) is 7.84. The molecular formula is C18H26N2. The first-order chi connectivity index (χ1) is 9.74. The van der Waals surface area contributed by atoms with Gasteiger partial charge in [-0.1, -0.05) is 51.3 Å². The van der Waals surface area contributed by atoms with Crippen molar-refractivity contribution in [1.82, 2.24) is 4.98 Å². The lowest BCUT2D eigenvalue weighted by Gasteiger charge is -2.17. The number of nitrogens with one attached hydrogen (secondary N) is 1. The third-order valence-electron chi connectivity index (χ3n) is 3.97. The van der Waals surface area contributed by atoms with Crippen molar-refractivity contribution >= 4 is 16.6 Å². The molecule has 0 bridgehead atoms. The van der Waals surface area contributed by atoms with Crippen molar-refractivity contribution in [3.8, 4) is 0 Å². The van der Waals surface area contributed by atoms with E-state index in [0.29, 0.717) is 0 Å². The molecule has 2 heteroatoms. The lowest BCUT2D eigenvalue weighted by molar-refractivity contribution is 0.473. The molecule has 1 aromatic carbocycles. The zero-order chi connectivity index (χ0) is 14.4. The van der Waals surface area contributed by atoms with Crippen LogP contribution in [0, 0.1) is 12.8 Å². The van der Waals surface area contributed by atoms with Crippen LogP contribution in [0.2, 0.25) is 0 Å². The zero-order valence-corrected chi connectivity index (χ0v) is 12.9. The van der Waals surface area contributed by atoms with Crippen LogP contribution in [-0.2, 0) is 0 Å². The molecular weight excluding hydrogens is 244 g/mol. The summed E-state index contributed by atoms with van der Waals surface area (Å²) in [6.45, 7) is 7.67. The molecule has 1 heterocycles. The van der Waals surface area contributed by atoms with Crippen molar-refractivity contribution in [1.29, 1.82) is 0 Å². The van der Waals surface area contributed by atoms with Crippen molar-refractivity contribution in [2.45, 2.75) is 46.5 Å². The van der Waals surface area contributed by atoms with Crippen molar-refractivity contribution in [2.75, 3.05) is 11.9 Å². The SMILES string of the molecule is CCCCC(CC)CNc1cc(C)nc2ccccc12. The van der Waals surface area contributed by atoms with Gasteiger partial charge < -0.3 is 5.32 Å².